The van der Waals surface area contributed by atoms with Gasteiger partial charge >= 0.3 is 12.2 Å². The third-order valence-electron chi connectivity index (χ3n) is 15.1. The van der Waals surface area contributed by atoms with Crippen molar-refractivity contribution in [1.29, 1.82) is 0 Å². The van der Waals surface area contributed by atoms with E-state index in [0.717, 1.165) is 22.5 Å². The Balaban J connectivity index is 1.07. The normalized spacial score (nSPS) is 18.7. The van der Waals surface area contributed by atoms with Gasteiger partial charge in [0.05, 0.1) is 23.5 Å². The van der Waals surface area contributed by atoms with Crippen molar-refractivity contribution in [2.24, 2.45) is 10.8 Å². The van der Waals surface area contributed by atoms with Gasteiger partial charge in [-0.15, -0.1) is 22.7 Å². The lowest BCUT2D eigenvalue weighted by molar-refractivity contribution is -0.141. The van der Waals surface area contributed by atoms with Gasteiger partial charge in [0.1, 0.15) is 45.4 Å². The van der Waals surface area contributed by atoms with Gasteiger partial charge in [0.2, 0.25) is 23.6 Å². The topological polar surface area (TPSA) is 242 Å². The van der Waals surface area contributed by atoms with Crippen LogP contribution in [0.2, 0.25) is 0 Å². The fourth-order valence-corrected chi connectivity index (χ4v) is 11.9. The first-order valence-corrected chi connectivity index (χ1v) is 30.7. The minimum Gasteiger partial charge on any atom is -0.444 e. The van der Waals surface area contributed by atoms with Crippen molar-refractivity contribution in [2.45, 2.75) is 169 Å². The van der Waals surface area contributed by atoms with E-state index >= 15 is 9.59 Å². The number of carbonyl (C=O) groups excluding carboxylic acids is 8. The van der Waals surface area contributed by atoms with Crippen LogP contribution in [0.15, 0.2) is 95.7 Å². The smallest absolute Gasteiger partial charge is 0.410 e. The van der Waals surface area contributed by atoms with Crippen molar-refractivity contribution in [3.8, 4) is 22.5 Å². The molecule has 86 heavy (non-hydrogen) atoms. The number of nitrogens with one attached hydrogen (secondary N) is 4. The van der Waals surface area contributed by atoms with E-state index in [4.69, 9.17) is 19.4 Å². The Hall–Kier alpha value is -7.72. The van der Waals surface area contributed by atoms with Crippen molar-refractivity contribution in [3.63, 3.8) is 0 Å². The van der Waals surface area contributed by atoms with Crippen LogP contribution in [-0.2, 0) is 28.7 Å². The second-order valence-electron chi connectivity index (χ2n) is 26.4. The highest BCUT2D eigenvalue weighted by atomic mass is 32.1. The van der Waals surface area contributed by atoms with Gasteiger partial charge in [-0.25, -0.2) is 19.6 Å². The van der Waals surface area contributed by atoms with Crippen LogP contribution < -0.4 is 21.3 Å². The van der Waals surface area contributed by atoms with Gasteiger partial charge in [-0.05, 0) is 103 Å². The molecule has 2 fully saturated rings. The van der Waals surface area contributed by atoms with E-state index < -0.39 is 106 Å². The quantitative estimate of drug-likeness (QED) is 0.0722. The number of nitrogens with zero attached hydrogens (tertiary/aromatic N) is 6. The van der Waals surface area contributed by atoms with Crippen molar-refractivity contribution in [3.05, 3.63) is 117 Å². The van der Waals surface area contributed by atoms with Crippen LogP contribution >= 0.6 is 22.7 Å². The molecule has 4 N–H and O–H groups in total. The Bertz CT molecular complexity index is 3040. The Labute approximate surface area is 513 Å². The fourth-order valence-electron chi connectivity index (χ4n) is 10.0. The van der Waals surface area contributed by atoms with Gasteiger partial charge in [0.25, 0.3) is 11.8 Å². The number of amides is 8. The Kier molecular flexibility index (Phi) is 20.3. The van der Waals surface area contributed by atoms with E-state index in [1.54, 1.807) is 89.5 Å². The molecule has 7 rings (SSSR count). The second-order valence-corrected chi connectivity index (χ2v) is 28.2. The molecule has 462 valence electrons. The average molecular weight is 1220 g/mol. The first kappa shape index (κ1) is 65.8. The SMILES string of the molecule is C[C@@H](C(=O)N[C@H](C(=O)N1C[C@@H](NC(=O)c2ccc(C(=O)N[C@H]3C[C@@H](c4nc(-c5ccccc5)cs4)N(C(=O)[C@@H](NC(=O)[C@H](C)N(C)C(=O)OC(C)(C)C)C(C)(C)C)C3)cc2)C[C@H]1c1nc(-c2ccccc2)cs1)C(C)(C)C)N(C)C(=O)OC(C)(C)C. The van der Waals surface area contributed by atoms with Crippen LogP contribution in [0.1, 0.15) is 153 Å². The van der Waals surface area contributed by atoms with Crippen LogP contribution in [-0.4, -0.2) is 152 Å². The molecule has 2 aromatic heterocycles. The molecule has 0 aliphatic carbocycles. The number of aromatic nitrogens is 2. The molecule has 0 bridgehead atoms. The first-order valence-electron chi connectivity index (χ1n) is 29.0. The summed E-state index contributed by atoms with van der Waals surface area (Å²) in [5.74, 6) is -2.73. The molecular weight excluding hydrogens is 1130 g/mol. The number of ether oxygens (including phenoxy) is 2. The number of hydrogen-bond acceptors (Lipinski definition) is 14. The molecule has 0 saturated carbocycles. The van der Waals surface area contributed by atoms with E-state index in [1.165, 1.54) is 46.6 Å². The number of rotatable bonds is 16. The summed E-state index contributed by atoms with van der Waals surface area (Å²) < 4.78 is 11.0. The van der Waals surface area contributed by atoms with E-state index in [1.807, 2.05) is 113 Å². The van der Waals surface area contributed by atoms with Crippen LogP contribution in [0.25, 0.3) is 22.5 Å². The lowest BCUT2D eigenvalue weighted by atomic mass is 9.85. The Morgan fingerprint density at radius 2 is 0.849 bits per heavy atom. The summed E-state index contributed by atoms with van der Waals surface area (Å²) >= 11 is 2.80. The monoisotopic (exact) mass is 1220 g/mol. The number of thiazole rings is 2. The molecule has 8 amide bonds. The highest BCUT2D eigenvalue weighted by molar-refractivity contribution is 7.10. The summed E-state index contributed by atoms with van der Waals surface area (Å²) in [7, 11) is 2.94. The zero-order valence-electron chi connectivity index (χ0n) is 52.3. The Morgan fingerprint density at radius 3 is 1.15 bits per heavy atom. The van der Waals surface area contributed by atoms with Crippen LogP contribution in [0.3, 0.4) is 0 Å². The molecule has 3 aromatic carbocycles. The Morgan fingerprint density at radius 1 is 0.523 bits per heavy atom. The molecule has 0 radical (unpaired) electrons. The van der Waals surface area contributed by atoms with Gasteiger partial charge in [0, 0.05) is 72.3 Å². The fraction of sp³-hybridized carbons (Fsp3) is 0.500. The number of benzene rings is 3. The molecule has 8 atom stereocenters. The van der Waals surface area contributed by atoms with E-state index in [9.17, 15) is 28.8 Å². The van der Waals surface area contributed by atoms with Crippen LogP contribution in [0.4, 0.5) is 9.59 Å². The summed E-state index contributed by atoms with van der Waals surface area (Å²) in [4.78, 5) is 128. The summed E-state index contributed by atoms with van der Waals surface area (Å²) in [5.41, 5.74) is 0.633. The second kappa shape index (κ2) is 26.5. The third-order valence-corrected chi connectivity index (χ3v) is 17.0. The molecule has 0 spiro atoms. The zero-order chi connectivity index (χ0) is 63.4. The van der Waals surface area contributed by atoms with Gasteiger partial charge < -0.3 is 40.5 Å². The largest absolute Gasteiger partial charge is 0.444 e. The summed E-state index contributed by atoms with van der Waals surface area (Å²) in [6.07, 6.45) is -0.751. The highest BCUT2D eigenvalue weighted by Gasteiger charge is 2.47. The van der Waals surface area contributed by atoms with Gasteiger partial charge in [-0.1, -0.05) is 102 Å². The zero-order valence-corrected chi connectivity index (χ0v) is 53.9. The maximum atomic E-state index is 15.0. The minimum atomic E-state index is -1.05. The molecule has 20 nitrogen and oxygen atoms in total. The van der Waals surface area contributed by atoms with Gasteiger partial charge in [0.15, 0.2) is 0 Å². The lowest BCUT2D eigenvalue weighted by Gasteiger charge is -2.36. The maximum absolute atomic E-state index is 15.0. The lowest BCUT2D eigenvalue weighted by Crippen LogP contribution is -2.58. The molecular formula is C64H84N10O10S2. The minimum absolute atomic E-state index is 0.0929. The third kappa shape index (κ3) is 16.4. The van der Waals surface area contributed by atoms with Gasteiger partial charge in [-0.2, -0.15) is 0 Å². The molecule has 4 heterocycles. The maximum Gasteiger partial charge on any atom is 0.410 e. The van der Waals surface area contributed by atoms with E-state index in [-0.39, 0.29) is 36.0 Å². The molecule has 5 aromatic rings. The number of hydrogen-bond donors (Lipinski definition) is 4. The summed E-state index contributed by atoms with van der Waals surface area (Å²) in [6, 6.07) is 19.2. The molecule has 2 aliphatic rings. The van der Waals surface area contributed by atoms with E-state index in [2.05, 4.69) is 21.3 Å². The number of carbonyl (C=O) groups is 8. The first-order chi connectivity index (χ1) is 40.1. The van der Waals surface area contributed by atoms with Crippen molar-refractivity contribution in [1.82, 2.24) is 50.8 Å². The predicted octanol–water partition coefficient (Wildman–Crippen LogP) is 9.65. The van der Waals surface area contributed by atoms with Crippen LogP contribution in [0, 0.1) is 10.8 Å². The highest BCUT2D eigenvalue weighted by Crippen LogP contribution is 2.40. The van der Waals surface area contributed by atoms with Gasteiger partial charge in [-0.3, -0.25) is 38.6 Å². The molecule has 0 unspecified atom stereocenters. The summed E-state index contributed by atoms with van der Waals surface area (Å²) in [5, 5.41) is 17.3. The standard InChI is InChI=1S/C64H84N10O10S2/c1-37(71(15)59(81)83-63(9,10)11)51(75)69-49(61(3,4)5)57(79)73-33-43(31-47(73)55-67-45(35-85-55)39-23-19-17-20-24-39)65-53(77)41-27-29-42(30-28-41)54(78)66-44-32-48(56-68-46(36-86-56)40-25-21-18-22-26-40)74(34-44)58(80)50(62(6,7)8)70-52(76)38(2)72(16)60(82)84-64(12,13)14/h17-30,35-38,43-44,47-50H,31-34H2,1-16H3,(H,65,77)(H,66,78)(H,69,75)(H,70,76)/t37-,38-,43-,44-,47-,48-,49+,50+/m0/s1. The summed E-state index contributed by atoms with van der Waals surface area (Å²) in [6.45, 7) is 24.8. The van der Waals surface area contributed by atoms with Crippen molar-refractivity contribution < 1.29 is 47.8 Å². The number of likely N-dealkylation sites (tertiary alicyclic amines) is 2. The molecule has 2 aliphatic heterocycles. The predicted molar refractivity (Wildman–Crippen MR) is 332 cm³/mol. The number of likely N-dealkylation sites (N-methyl/N-ethyl adjacent to an activating group) is 2. The van der Waals surface area contributed by atoms with Crippen LogP contribution in [0.5, 0.6) is 0 Å². The van der Waals surface area contributed by atoms with Crippen molar-refractivity contribution >= 4 is 70.3 Å². The van der Waals surface area contributed by atoms with E-state index in [0.29, 0.717) is 22.9 Å². The molecule has 22 heteroatoms. The average Bonchev–Trinajstić information content (AvgIpc) is 2.21. The van der Waals surface area contributed by atoms with Crippen molar-refractivity contribution in [2.75, 3.05) is 27.2 Å². The molecule has 2 saturated heterocycles.